The third-order valence-electron chi connectivity index (χ3n) is 5.89. The van der Waals surface area contributed by atoms with Crippen molar-refractivity contribution < 1.29 is 26.7 Å². The van der Waals surface area contributed by atoms with Crippen LogP contribution in [0.2, 0.25) is 0 Å². The summed E-state index contributed by atoms with van der Waals surface area (Å²) in [4.78, 5) is 0. The van der Waals surface area contributed by atoms with Gasteiger partial charge >= 0.3 is 6.36 Å². The minimum atomic E-state index is -5.00. The van der Waals surface area contributed by atoms with Crippen molar-refractivity contribution in [2.24, 2.45) is 0 Å². The van der Waals surface area contributed by atoms with Crippen LogP contribution in [-0.2, 0) is 19.3 Å². The number of hydrogen-bond acceptors (Lipinski definition) is 1. The van der Waals surface area contributed by atoms with Gasteiger partial charge in [0.15, 0.2) is 11.6 Å². The molecule has 0 unspecified atom stereocenters. The molecule has 0 radical (unpaired) electrons. The normalized spacial score (nSPS) is 13.5. The minimum absolute atomic E-state index is 0.142. The van der Waals surface area contributed by atoms with Crippen molar-refractivity contribution in [1.82, 2.24) is 0 Å². The summed E-state index contributed by atoms with van der Waals surface area (Å²) in [6, 6.07) is 14.7. The van der Waals surface area contributed by atoms with Crippen LogP contribution in [0, 0.1) is 11.6 Å². The molecule has 0 bridgehead atoms. The van der Waals surface area contributed by atoms with Gasteiger partial charge in [-0.1, -0.05) is 61.9 Å². The fourth-order valence-electron chi connectivity index (χ4n) is 4.14. The van der Waals surface area contributed by atoms with E-state index in [-0.39, 0.29) is 11.1 Å². The molecule has 0 atom stereocenters. The van der Waals surface area contributed by atoms with Gasteiger partial charge in [0.05, 0.1) is 0 Å². The molecule has 6 heteroatoms. The van der Waals surface area contributed by atoms with Gasteiger partial charge in [0.1, 0.15) is 5.82 Å². The number of rotatable bonds is 6. The molecule has 0 saturated carbocycles. The molecule has 33 heavy (non-hydrogen) atoms. The van der Waals surface area contributed by atoms with Gasteiger partial charge in [0.25, 0.3) is 0 Å². The monoisotopic (exact) mass is 458 g/mol. The Hall–Kier alpha value is -3.15. The van der Waals surface area contributed by atoms with E-state index in [0.717, 1.165) is 48.1 Å². The number of ether oxygens (including phenoxy) is 1. The Labute approximate surface area is 189 Å². The largest absolute Gasteiger partial charge is 0.573 e. The summed E-state index contributed by atoms with van der Waals surface area (Å²) in [6.45, 7) is 2.16. The first-order valence-corrected chi connectivity index (χ1v) is 10.9. The molecule has 0 N–H and O–H groups in total. The van der Waals surface area contributed by atoms with Crippen LogP contribution in [0.5, 0.6) is 5.75 Å². The van der Waals surface area contributed by atoms with Crippen LogP contribution in [0.4, 0.5) is 22.0 Å². The van der Waals surface area contributed by atoms with Gasteiger partial charge in [-0.15, -0.1) is 13.2 Å². The van der Waals surface area contributed by atoms with E-state index in [9.17, 15) is 17.6 Å². The lowest BCUT2D eigenvalue weighted by atomic mass is 9.85. The van der Waals surface area contributed by atoms with Gasteiger partial charge in [-0.2, -0.15) is 0 Å². The van der Waals surface area contributed by atoms with Crippen molar-refractivity contribution in [3.8, 4) is 16.9 Å². The molecule has 0 saturated heterocycles. The number of benzene rings is 3. The molecule has 0 aromatic heterocycles. The van der Waals surface area contributed by atoms with Gasteiger partial charge in [0.2, 0.25) is 0 Å². The molecule has 3 aromatic carbocycles. The van der Waals surface area contributed by atoms with Crippen LogP contribution in [0.3, 0.4) is 0 Å². The van der Waals surface area contributed by atoms with Gasteiger partial charge in [-0.05, 0) is 71.2 Å². The number of aryl methyl sites for hydroxylation is 1. The van der Waals surface area contributed by atoms with Gasteiger partial charge in [-0.25, -0.2) is 8.78 Å². The first-order chi connectivity index (χ1) is 15.7. The predicted molar refractivity (Wildman–Crippen MR) is 119 cm³/mol. The fraction of sp³-hybridized carbons (Fsp3) is 0.259. The van der Waals surface area contributed by atoms with Crippen molar-refractivity contribution >= 4 is 5.57 Å². The predicted octanol–water partition coefficient (Wildman–Crippen LogP) is 8.06. The second kappa shape index (κ2) is 9.38. The highest BCUT2D eigenvalue weighted by molar-refractivity contribution is 5.73. The van der Waals surface area contributed by atoms with Crippen LogP contribution < -0.4 is 4.74 Å². The number of alkyl halides is 3. The van der Waals surface area contributed by atoms with Gasteiger partial charge in [-0.3, -0.25) is 0 Å². The molecule has 1 aliphatic rings. The zero-order chi connectivity index (χ0) is 23.6. The summed E-state index contributed by atoms with van der Waals surface area (Å²) < 4.78 is 70.1. The fourth-order valence-corrected chi connectivity index (χ4v) is 4.14. The maximum atomic E-state index is 15.3. The molecule has 3 aromatic rings. The molecular formula is C27H23F5O. The molecular weight excluding hydrogens is 435 g/mol. The van der Waals surface area contributed by atoms with E-state index in [1.807, 2.05) is 6.08 Å². The highest BCUT2D eigenvalue weighted by Crippen LogP contribution is 2.36. The first kappa shape index (κ1) is 23.0. The Kier molecular flexibility index (Phi) is 6.54. The topological polar surface area (TPSA) is 9.23 Å². The lowest BCUT2D eigenvalue weighted by molar-refractivity contribution is -0.275. The molecule has 0 aliphatic heterocycles. The first-order valence-electron chi connectivity index (χ1n) is 10.9. The van der Waals surface area contributed by atoms with E-state index in [0.29, 0.717) is 18.4 Å². The van der Waals surface area contributed by atoms with E-state index in [4.69, 9.17) is 0 Å². The van der Waals surface area contributed by atoms with E-state index in [1.165, 1.54) is 11.6 Å². The third-order valence-corrected chi connectivity index (χ3v) is 5.89. The molecule has 0 fully saturated rings. The van der Waals surface area contributed by atoms with Crippen molar-refractivity contribution in [1.29, 1.82) is 0 Å². The van der Waals surface area contributed by atoms with Crippen LogP contribution in [0.1, 0.15) is 42.0 Å². The highest BCUT2D eigenvalue weighted by Gasteiger charge is 2.32. The number of unbranched alkanes of at least 4 members (excludes halogenated alkanes) is 1. The van der Waals surface area contributed by atoms with Gasteiger partial charge in [0, 0.05) is 5.56 Å². The lowest BCUT2D eigenvalue weighted by Crippen LogP contribution is -2.17. The summed E-state index contributed by atoms with van der Waals surface area (Å²) in [5, 5.41) is 0. The smallest absolute Gasteiger partial charge is 0.403 e. The molecule has 0 amide bonds. The minimum Gasteiger partial charge on any atom is -0.403 e. The summed E-state index contributed by atoms with van der Waals surface area (Å²) in [7, 11) is 0. The standard InChI is InChI=1S/C27H23F5O/c1-2-3-4-17-5-7-18(8-6-17)19-9-12-22-20(15-19)10-13-23(26(22)29)21-11-14-25(24(28)16-21)33-27(30,31)32/h5-11,13-14,16H,2-4,12,15H2,1H3. The molecule has 0 spiro atoms. The summed E-state index contributed by atoms with van der Waals surface area (Å²) in [6.07, 6.45) is 1.31. The van der Waals surface area contributed by atoms with E-state index < -0.39 is 23.7 Å². The summed E-state index contributed by atoms with van der Waals surface area (Å²) >= 11 is 0. The van der Waals surface area contributed by atoms with Crippen molar-refractivity contribution in [2.45, 2.75) is 45.4 Å². The molecule has 0 heterocycles. The average Bonchev–Trinajstić information content (AvgIpc) is 2.79. The summed E-state index contributed by atoms with van der Waals surface area (Å²) in [5.74, 6) is -2.63. The average molecular weight is 458 g/mol. The van der Waals surface area contributed by atoms with Crippen LogP contribution >= 0.6 is 0 Å². The van der Waals surface area contributed by atoms with Crippen molar-refractivity contribution in [3.05, 3.63) is 94.6 Å². The molecule has 1 nitrogen and oxygen atoms in total. The maximum Gasteiger partial charge on any atom is 0.573 e. The van der Waals surface area contributed by atoms with Crippen LogP contribution in [0.25, 0.3) is 16.7 Å². The number of halogens is 5. The second-order valence-electron chi connectivity index (χ2n) is 8.17. The highest BCUT2D eigenvalue weighted by atomic mass is 19.4. The Morgan fingerprint density at radius 1 is 0.909 bits per heavy atom. The Balaban J connectivity index is 1.56. The van der Waals surface area contributed by atoms with Gasteiger partial charge < -0.3 is 4.74 Å². The molecule has 4 rings (SSSR count). The van der Waals surface area contributed by atoms with Crippen molar-refractivity contribution in [2.75, 3.05) is 0 Å². The maximum absolute atomic E-state index is 15.3. The third kappa shape index (κ3) is 5.27. The van der Waals surface area contributed by atoms with E-state index in [1.54, 1.807) is 12.1 Å². The second-order valence-corrected chi connectivity index (χ2v) is 8.17. The quantitative estimate of drug-likeness (QED) is 0.340. The molecule has 172 valence electrons. The summed E-state index contributed by atoms with van der Waals surface area (Å²) in [5.41, 5.74) is 5.19. The zero-order valence-electron chi connectivity index (χ0n) is 18.1. The Morgan fingerprint density at radius 3 is 2.30 bits per heavy atom. The van der Waals surface area contributed by atoms with Crippen LogP contribution in [-0.4, -0.2) is 6.36 Å². The SMILES string of the molecule is CCCCc1ccc(C2=CCc3c(ccc(-c4ccc(OC(F)(F)F)c(F)c4)c3F)C2)cc1. The number of fused-ring (bicyclic) bond motifs is 1. The Morgan fingerprint density at radius 2 is 1.64 bits per heavy atom. The van der Waals surface area contributed by atoms with Crippen LogP contribution in [0.15, 0.2) is 60.7 Å². The van der Waals surface area contributed by atoms with Crippen molar-refractivity contribution in [3.63, 3.8) is 0 Å². The lowest BCUT2D eigenvalue weighted by Gasteiger charge is -2.20. The number of allylic oxidation sites excluding steroid dienone is 2. The zero-order valence-corrected chi connectivity index (χ0v) is 18.1. The Bertz CT molecular complexity index is 1180. The van der Waals surface area contributed by atoms with E-state index in [2.05, 4.69) is 35.9 Å². The van der Waals surface area contributed by atoms with E-state index >= 15 is 4.39 Å². The molecule has 1 aliphatic carbocycles. The number of hydrogen-bond donors (Lipinski definition) is 0.